The lowest BCUT2D eigenvalue weighted by Gasteiger charge is -2.36. The summed E-state index contributed by atoms with van der Waals surface area (Å²) in [5, 5.41) is 19.2. The van der Waals surface area contributed by atoms with E-state index < -0.39 is 6.17 Å². The Hall–Kier alpha value is -2.23. The molecule has 2 aromatic carbocycles. The fourth-order valence-corrected chi connectivity index (χ4v) is 3.83. The minimum atomic E-state index is -0.841. The van der Waals surface area contributed by atoms with E-state index in [9.17, 15) is 14.6 Å². The Morgan fingerprint density at radius 3 is 2.45 bits per heavy atom. The average molecular weight is 300 g/mol. The van der Waals surface area contributed by atoms with E-state index in [0.29, 0.717) is 18.6 Å². The molecule has 0 bridgehead atoms. The Kier molecular flexibility index (Phi) is 2.99. The first-order valence-electron chi connectivity index (χ1n) is 7.54. The van der Waals surface area contributed by atoms with Crippen LogP contribution in [0.25, 0.3) is 0 Å². The van der Waals surface area contributed by atoms with E-state index in [0.717, 1.165) is 11.1 Å². The van der Waals surface area contributed by atoms with Crippen molar-refractivity contribution in [1.82, 2.24) is 0 Å². The molecule has 1 aliphatic heterocycles. The Balaban J connectivity index is 1.78. The van der Waals surface area contributed by atoms with E-state index in [1.165, 1.54) is 0 Å². The fourth-order valence-electron chi connectivity index (χ4n) is 3.83. The van der Waals surface area contributed by atoms with Gasteiger partial charge in [0.2, 0.25) is 0 Å². The molecule has 0 amide bonds. The molecule has 0 radical (unpaired) electrons. The van der Waals surface area contributed by atoms with Crippen LogP contribution in [0.1, 0.15) is 36.0 Å². The second-order valence-corrected chi connectivity index (χ2v) is 6.19. The van der Waals surface area contributed by atoms with Crippen molar-refractivity contribution in [1.29, 1.82) is 0 Å². The van der Waals surface area contributed by atoms with Crippen LogP contribution < -0.4 is 4.74 Å². The van der Waals surface area contributed by atoms with Crippen LogP contribution >= 0.6 is 0 Å². The number of rotatable bonds is 1. The third-order valence-electron chi connectivity index (χ3n) is 4.81. The van der Waals surface area contributed by atoms with Crippen molar-refractivity contribution in [2.45, 2.75) is 31.0 Å². The van der Waals surface area contributed by atoms with Gasteiger partial charge < -0.3 is 14.9 Å². The minimum absolute atomic E-state index is 0.0499. The highest BCUT2D eigenvalue weighted by molar-refractivity contribution is 5.46. The number of halogens is 1. The van der Waals surface area contributed by atoms with Crippen LogP contribution in [0.3, 0.4) is 0 Å². The largest absolute Gasteiger partial charge is 0.508 e. The number of phenols is 2. The molecule has 1 fully saturated rings. The normalized spacial score (nSPS) is 29.5. The number of aromatic hydroxyl groups is 2. The van der Waals surface area contributed by atoms with Crippen LogP contribution in [0, 0.1) is 5.92 Å². The molecule has 1 heterocycles. The van der Waals surface area contributed by atoms with E-state index in [4.69, 9.17) is 4.74 Å². The number of alkyl halides is 1. The summed E-state index contributed by atoms with van der Waals surface area (Å²) in [6.45, 7) is 0. The molecule has 4 heteroatoms. The summed E-state index contributed by atoms with van der Waals surface area (Å²) < 4.78 is 20.1. The van der Waals surface area contributed by atoms with Gasteiger partial charge in [0, 0.05) is 11.5 Å². The molecule has 2 aliphatic rings. The zero-order chi connectivity index (χ0) is 15.3. The Bertz CT molecular complexity index is 698. The molecular weight excluding hydrogens is 283 g/mol. The van der Waals surface area contributed by atoms with Gasteiger partial charge in [-0.3, -0.25) is 0 Å². The second kappa shape index (κ2) is 4.90. The summed E-state index contributed by atoms with van der Waals surface area (Å²) in [7, 11) is 0. The van der Waals surface area contributed by atoms with Crippen molar-refractivity contribution < 1.29 is 19.3 Å². The Labute approximate surface area is 128 Å². The van der Waals surface area contributed by atoms with Crippen LogP contribution in [0.2, 0.25) is 0 Å². The lowest BCUT2D eigenvalue weighted by Crippen LogP contribution is -2.26. The molecule has 0 aromatic heterocycles. The zero-order valence-electron chi connectivity index (χ0n) is 11.9. The van der Waals surface area contributed by atoms with Crippen molar-refractivity contribution in [3.8, 4) is 17.2 Å². The zero-order valence-corrected chi connectivity index (χ0v) is 11.9. The number of hydrogen-bond donors (Lipinski definition) is 2. The van der Waals surface area contributed by atoms with Crippen LogP contribution in [0.5, 0.6) is 17.2 Å². The molecular formula is C18H17FO3. The summed E-state index contributed by atoms with van der Waals surface area (Å²) in [5.74, 6) is 1.22. The maximum absolute atomic E-state index is 14.0. The van der Waals surface area contributed by atoms with Crippen molar-refractivity contribution in [2.75, 3.05) is 0 Å². The standard InChI is InChI=1S/C18H17FO3/c19-11-7-14-15-9-13(21)5-6-17(15)22-18(16(14)8-11)10-1-3-12(20)4-2-10/h1-6,9,11,14,16,18,20-21H,7-8H2. The highest BCUT2D eigenvalue weighted by Crippen LogP contribution is 2.55. The van der Waals surface area contributed by atoms with E-state index in [2.05, 4.69) is 0 Å². The van der Waals surface area contributed by atoms with Gasteiger partial charge in [0.25, 0.3) is 0 Å². The average Bonchev–Trinajstić information content (AvgIpc) is 2.89. The lowest BCUT2D eigenvalue weighted by atomic mass is 9.80. The lowest BCUT2D eigenvalue weighted by molar-refractivity contribution is 0.102. The molecule has 2 aromatic rings. The van der Waals surface area contributed by atoms with Gasteiger partial charge in [-0.2, -0.15) is 0 Å². The summed E-state index contributed by atoms with van der Waals surface area (Å²) >= 11 is 0. The molecule has 0 saturated heterocycles. The molecule has 1 aliphatic carbocycles. The summed E-state index contributed by atoms with van der Waals surface area (Å²) in [4.78, 5) is 0. The van der Waals surface area contributed by atoms with Gasteiger partial charge in [0.05, 0.1) is 0 Å². The monoisotopic (exact) mass is 300 g/mol. The van der Waals surface area contributed by atoms with Gasteiger partial charge in [-0.25, -0.2) is 4.39 Å². The molecule has 4 unspecified atom stereocenters. The first-order valence-corrected chi connectivity index (χ1v) is 7.54. The third-order valence-corrected chi connectivity index (χ3v) is 4.81. The highest BCUT2D eigenvalue weighted by atomic mass is 19.1. The number of fused-ring (bicyclic) bond motifs is 3. The number of hydrogen-bond acceptors (Lipinski definition) is 3. The van der Waals surface area contributed by atoms with Crippen molar-refractivity contribution in [3.63, 3.8) is 0 Å². The van der Waals surface area contributed by atoms with Gasteiger partial charge >= 0.3 is 0 Å². The first-order chi connectivity index (χ1) is 10.6. The summed E-state index contributed by atoms with van der Waals surface area (Å²) in [6.07, 6.45) is -0.125. The third kappa shape index (κ3) is 2.10. The van der Waals surface area contributed by atoms with E-state index in [1.807, 2.05) is 12.1 Å². The van der Waals surface area contributed by atoms with Crippen molar-refractivity contribution in [2.24, 2.45) is 5.92 Å². The van der Waals surface area contributed by atoms with Crippen LogP contribution in [0.15, 0.2) is 42.5 Å². The molecule has 1 saturated carbocycles. The molecule has 2 N–H and O–H groups in total. The molecule has 4 rings (SSSR count). The maximum atomic E-state index is 14.0. The quantitative estimate of drug-likeness (QED) is 0.835. The predicted octanol–water partition coefficient (Wildman–Crippen LogP) is 4.06. The SMILES string of the molecule is Oc1ccc(C2Oc3ccc(O)cc3C3CC(F)CC32)cc1. The van der Waals surface area contributed by atoms with E-state index >= 15 is 0 Å². The predicted molar refractivity (Wildman–Crippen MR) is 79.9 cm³/mol. The summed E-state index contributed by atoms with van der Waals surface area (Å²) in [5.41, 5.74) is 1.85. The molecule has 3 nitrogen and oxygen atoms in total. The van der Waals surface area contributed by atoms with Gasteiger partial charge in [-0.1, -0.05) is 12.1 Å². The van der Waals surface area contributed by atoms with Gasteiger partial charge in [-0.15, -0.1) is 0 Å². The Morgan fingerprint density at radius 1 is 0.955 bits per heavy atom. The number of benzene rings is 2. The van der Waals surface area contributed by atoms with Crippen molar-refractivity contribution in [3.05, 3.63) is 53.6 Å². The number of ether oxygens (including phenoxy) is 1. The summed E-state index contributed by atoms with van der Waals surface area (Å²) in [6, 6.07) is 11.9. The van der Waals surface area contributed by atoms with Gasteiger partial charge in [0.15, 0.2) is 0 Å². The highest BCUT2D eigenvalue weighted by Gasteiger charge is 2.45. The van der Waals surface area contributed by atoms with Gasteiger partial charge in [-0.05, 0) is 54.7 Å². The molecule has 114 valence electrons. The maximum Gasteiger partial charge on any atom is 0.127 e. The Morgan fingerprint density at radius 2 is 1.68 bits per heavy atom. The van der Waals surface area contributed by atoms with Crippen LogP contribution in [-0.4, -0.2) is 16.4 Å². The minimum Gasteiger partial charge on any atom is -0.508 e. The van der Waals surface area contributed by atoms with E-state index in [1.54, 1.807) is 30.3 Å². The molecule has 22 heavy (non-hydrogen) atoms. The van der Waals surface area contributed by atoms with Crippen LogP contribution in [-0.2, 0) is 0 Å². The van der Waals surface area contributed by atoms with Gasteiger partial charge in [0.1, 0.15) is 29.5 Å². The first kappa shape index (κ1) is 13.4. The van der Waals surface area contributed by atoms with E-state index in [-0.39, 0.29) is 29.4 Å². The number of phenolic OH excluding ortho intramolecular Hbond substituents is 2. The second-order valence-electron chi connectivity index (χ2n) is 6.19. The molecule has 4 atom stereocenters. The smallest absolute Gasteiger partial charge is 0.127 e. The van der Waals surface area contributed by atoms with Crippen molar-refractivity contribution >= 4 is 0 Å². The van der Waals surface area contributed by atoms with Crippen LogP contribution in [0.4, 0.5) is 4.39 Å². The molecule has 0 spiro atoms. The fraction of sp³-hybridized carbons (Fsp3) is 0.333. The topological polar surface area (TPSA) is 49.7 Å².